The van der Waals surface area contributed by atoms with Gasteiger partial charge in [-0.1, -0.05) is 25.5 Å². The summed E-state index contributed by atoms with van der Waals surface area (Å²) in [7, 11) is 0. The van der Waals surface area contributed by atoms with E-state index in [2.05, 4.69) is 30.7 Å². The van der Waals surface area contributed by atoms with Crippen molar-refractivity contribution < 1.29 is 4.74 Å². The molecule has 1 aromatic rings. The van der Waals surface area contributed by atoms with E-state index in [1.807, 2.05) is 25.3 Å². The van der Waals surface area contributed by atoms with E-state index in [1.165, 1.54) is 5.56 Å². The number of ether oxygens (including phenoxy) is 1. The van der Waals surface area contributed by atoms with Gasteiger partial charge >= 0.3 is 0 Å². The van der Waals surface area contributed by atoms with E-state index in [0.717, 1.165) is 18.5 Å². The van der Waals surface area contributed by atoms with Gasteiger partial charge in [0.05, 0.1) is 6.61 Å². The summed E-state index contributed by atoms with van der Waals surface area (Å²) in [6.45, 7) is 11.6. The first-order valence-corrected chi connectivity index (χ1v) is 6.03. The van der Waals surface area contributed by atoms with Gasteiger partial charge in [-0.25, -0.2) is 4.98 Å². The Bertz CT molecular complexity index is 344. The summed E-state index contributed by atoms with van der Waals surface area (Å²) >= 11 is 0. The standard InChI is InChI=1S/C14H22N2O/c1-11(2)7-8-17-14-6-5-13(10-16-14)9-15-12(3)4/h5-6,10,12,15H,1,7-9H2,2-4H3. The smallest absolute Gasteiger partial charge is 0.213 e. The highest BCUT2D eigenvalue weighted by atomic mass is 16.5. The van der Waals surface area contributed by atoms with Crippen molar-refractivity contribution >= 4 is 0 Å². The minimum Gasteiger partial charge on any atom is -0.477 e. The van der Waals surface area contributed by atoms with Crippen molar-refractivity contribution in [1.82, 2.24) is 10.3 Å². The molecule has 3 heteroatoms. The van der Waals surface area contributed by atoms with E-state index in [9.17, 15) is 0 Å². The number of aromatic nitrogens is 1. The van der Waals surface area contributed by atoms with Crippen LogP contribution in [-0.4, -0.2) is 17.6 Å². The van der Waals surface area contributed by atoms with E-state index in [-0.39, 0.29) is 0 Å². The van der Waals surface area contributed by atoms with Crippen LogP contribution in [0.15, 0.2) is 30.5 Å². The van der Waals surface area contributed by atoms with Crippen LogP contribution in [0.1, 0.15) is 32.8 Å². The lowest BCUT2D eigenvalue weighted by Gasteiger charge is -2.09. The predicted molar refractivity (Wildman–Crippen MR) is 71.1 cm³/mol. The number of rotatable bonds is 7. The highest BCUT2D eigenvalue weighted by molar-refractivity contribution is 5.17. The van der Waals surface area contributed by atoms with Gasteiger partial charge in [0.1, 0.15) is 0 Å². The first-order chi connectivity index (χ1) is 8.08. The van der Waals surface area contributed by atoms with Crippen molar-refractivity contribution in [1.29, 1.82) is 0 Å². The third-order valence-corrected chi connectivity index (χ3v) is 2.29. The van der Waals surface area contributed by atoms with Crippen LogP contribution in [0.3, 0.4) is 0 Å². The van der Waals surface area contributed by atoms with Gasteiger partial charge in [0, 0.05) is 31.3 Å². The zero-order valence-electron chi connectivity index (χ0n) is 11.0. The number of nitrogens with zero attached hydrogens (tertiary/aromatic N) is 1. The van der Waals surface area contributed by atoms with Crippen LogP contribution in [0, 0.1) is 0 Å². The molecule has 0 aliphatic carbocycles. The van der Waals surface area contributed by atoms with Crippen LogP contribution in [0.2, 0.25) is 0 Å². The molecule has 0 amide bonds. The zero-order chi connectivity index (χ0) is 12.7. The minimum atomic E-state index is 0.487. The quantitative estimate of drug-likeness (QED) is 0.737. The highest BCUT2D eigenvalue weighted by Crippen LogP contribution is 2.08. The van der Waals surface area contributed by atoms with Crippen molar-refractivity contribution in [3.63, 3.8) is 0 Å². The molecule has 0 unspecified atom stereocenters. The monoisotopic (exact) mass is 234 g/mol. The molecular weight excluding hydrogens is 212 g/mol. The van der Waals surface area contributed by atoms with Crippen molar-refractivity contribution in [2.24, 2.45) is 0 Å². The van der Waals surface area contributed by atoms with Gasteiger partial charge in [0.25, 0.3) is 0 Å². The Morgan fingerprint density at radius 2 is 2.24 bits per heavy atom. The van der Waals surface area contributed by atoms with Gasteiger partial charge in [-0.3, -0.25) is 0 Å². The van der Waals surface area contributed by atoms with E-state index in [4.69, 9.17) is 4.74 Å². The fourth-order valence-corrected chi connectivity index (χ4v) is 1.25. The Morgan fingerprint density at radius 1 is 1.47 bits per heavy atom. The van der Waals surface area contributed by atoms with Crippen LogP contribution < -0.4 is 10.1 Å². The molecule has 0 radical (unpaired) electrons. The van der Waals surface area contributed by atoms with Crippen LogP contribution in [0.4, 0.5) is 0 Å². The molecule has 0 aromatic carbocycles. The second-order valence-corrected chi connectivity index (χ2v) is 4.60. The van der Waals surface area contributed by atoms with Crippen LogP contribution in [0.5, 0.6) is 5.88 Å². The predicted octanol–water partition coefficient (Wildman–Crippen LogP) is 2.92. The Kier molecular flexibility index (Phi) is 5.70. The summed E-state index contributed by atoms with van der Waals surface area (Å²) < 4.78 is 5.51. The Morgan fingerprint density at radius 3 is 2.76 bits per heavy atom. The Hall–Kier alpha value is -1.35. The Labute approximate surface area is 104 Å². The van der Waals surface area contributed by atoms with Crippen LogP contribution in [0.25, 0.3) is 0 Å². The molecule has 1 N–H and O–H groups in total. The topological polar surface area (TPSA) is 34.1 Å². The van der Waals surface area contributed by atoms with Gasteiger partial charge in [0.2, 0.25) is 5.88 Å². The van der Waals surface area contributed by atoms with E-state index in [0.29, 0.717) is 18.5 Å². The van der Waals surface area contributed by atoms with E-state index in [1.54, 1.807) is 0 Å². The average Bonchev–Trinajstić information content (AvgIpc) is 2.27. The summed E-state index contributed by atoms with van der Waals surface area (Å²) in [5.74, 6) is 0.680. The number of hydrogen-bond acceptors (Lipinski definition) is 3. The molecule has 3 nitrogen and oxygen atoms in total. The molecule has 0 saturated heterocycles. The summed E-state index contributed by atoms with van der Waals surface area (Å²) in [5.41, 5.74) is 2.30. The molecule has 1 aromatic heterocycles. The summed E-state index contributed by atoms with van der Waals surface area (Å²) in [5, 5.41) is 3.35. The minimum absolute atomic E-state index is 0.487. The second-order valence-electron chi connectivity index (χ2n) is 4.60. The molecular formula is C14H22N2O. The van der Waals surface area contributed by atoms with E-state index < -0.39 is 0 Å². The first kappa shape index (κ1) is 13.7. The molecule has 0 atom stereocenters. The number of pyridine rings is 1. The van der Waals surface area contributed by atoms with Gasteiger partial charge in [0.15, 0.2) is 0 Å². The summed E-state index contributed by atoms with van der Waals surface area (Å²) in [6.07, 6.45) is 2.73. The number of nitrogens with one attached hydrogen (secondary N) is 1. The lowest BCUT2D eigenvalue weighted by atomic mass is 10.2. The molecule has 17 heavy (non-hydrogen) atoms. The van der Waals surface area contributed by atoms with Gasteiger partial charge in [-0.2, -0.15) is 0 Å². The zero-order valence-corrected chi connectivity index (χ0v) is 11.0. The van der Waals surface area contributed by atoms with Gasteiger partial charge in [-0.15, -0.1) is 6.58 Å². The third-order valence-electron chi connectivity index (χ3n) is 2.29. The fraction of sp³-hybridized carbons (Fsp3) is 0.500. The van der Waals surface area contributed by atoms with Crippen LogP contribution in [-0.2, 0) is 6.54 Å². The SMILES string of the molecule is C=C(C)CCOc1ccc(CNC(C)C)cn1. The van der Waals surface area contributed by atoms with Crippen molar-refractivity contribution in [3.8, 4) is 5.88 Å². The molecule has 0 bridgehead atoms. The molecule has 0 fully saturated rings. The summed E-state index contributed by atoms with van der Waals surface area (Å²) in [4.78, 5) is 4.26. The normalized spacial score (nSPS) is 10.6. The molecule has 0 saturated carbocycles. The lowest BCUT2D eigenvalue weighted by molar-refractivity contribution is 0.309. The molecule has 0 aliphatic rings. The van der Waals surface area contributed by atoms with E-state index >= 15 is 0 Å². The van der Waals surface area contributed by atoms with Gasteiger partial charge in [-0.05, 0) is 12.5 Å². The molecule has 94 valence electrons. The first-order valence-electron chi connectivity index (χ1n) is 6.03. The fourth-order valence-electron chi connectivity index (χ4n) is 1.25. The maximum Gasteiger partial charge on any atom is 0.213 e. The van der Waals surface area contributed by atoms with Crippen molar-refractivity contribution in [3.05, 3.63) is 36.0 Å². The van der Waals surface area contributed by atoms with Crippen molar-refractivity contribution in [2.45, 2.75) is 39.8 Å². The summed E-state index contributed by atoms with van der Waals surface area (Å²) in [6, 6.07) is 4.44. The second kappa shape index (κ2) is 7.07. The average molecular weight is 234 g/mol. The molecule has 1 rings (SSSR count). The molecule has 1 heterocycles. The maximum atomic E-state index is 5.51. The third kappa shape index (κ3) is 6.07. The largest absolute Gasteiger partial charge is 0.477 e. The number of hydrogen-bond donors (Lipinski definition) is 1. The highest BCUT2D eigenvalue weighted by Gasteiger charge is 1.98. The lowest BCUT2D eigenvalue weighted by Crippen LogP contribution is -2.21. The van der Waals surface area contributed by atoms with Gasteiger partial charge < -0.3 is 10.1 Å². The van der Waals surface area contributed by atoms with Crippen molar-refractivity contribution in [2.75, 3.05) is 6.61 Å². The molecule has 0 spiro atoms. The molecule has 0 aliphatic heterocycles. The van der Waals surface area contributed by atoms with Crippen LogP contribution >= 0.6 is 0 Å². The maximum absolute atomic E-state index is 5.51. The Balaban J connectivity index is 2.36.